The maximum Gasteiger partial charge on any atom is 0.250 e. The average molecular weight is 342 g/mol. The van der Waals surface area contributed by atoms with Crippen molar-refractivity contribution >= 4 is 30.7 Å². The number of hydrogen-bond donors (Lipinski definition) is 2. The van der Waals surface area contributed by atoms with Gasteiger partial charge in [-0.1, -0.05) is 6.42 Å². The van der Waals surface area contributed by atoms with E-state index in [4.69, 9.17) is 4.74 Å². The first-order valence-electron chi connectivity index (χ1n) is 7.61. The van der Waals surface area contributed by atoms with Gasteiger partial charge in [0.2, 0.25) is 5.91 Å². The minimum Gasteiger partial charge on any atom is -0.366 e. The molecule has 0 bridgehead atoms. The number of amides is 1. The first-order chi connectivity index (χ1) is 9.27. The van der Waals surface area contributed by atoms with Gasteiger partial charge in [-0.15, -0.1) is 24.8 Å². The van der Waals surface area contributed by atoms with Crippen LogP contribution in [-0.4, -0.2) is 62.3 Å². The van der Waals surface area contributed by atoms with Gasteiger partial charge in [0.15, 0.2) is 0 Å². The van der Waals surface area contributed by atoms with Crippen LogP contribution < -0.4 is 10.6 Å². The number of hydrogen-bond acceptors (Lipinski definition) is 4. The topological polar surface area (TPSA) is 53.6 Å². The number of rotatable bonds is 5. The Kier molecular flexibility index (Phi) is 11.5. The third kappa shape index (κ3) is 7.15. The highest BCUT2D eigenvalue weighted by Crippen LogP contribution is 2.15. The largest absolute Gasteiger partial charge is 0.366 e. The van der Waals surface area contributed by atoms with E-state index in [0.717, 1.165) is 26.1 Å². The van der Waals surface area contributed by atoms with Crippen LogP contribution in [0.4, 0.5) is 0 Å². The summed E-state index contributed by atoms with van der Waals surface area (Å²) in [6, 6.07) is 0.704. The van der Waals surface area contributed by atoms with E-state index in [1.54, 1.807) is 0 Å². The van der Waals surface area contributed by atoms with Crippen molar-refractivity contribution in [1.29, 1.82) is 0 Å². The van der Waals surface area contributed by atoms with Crippen molar-refractivity contribution in [2.45, 2.75) is 44.8 Å². The van der Waals surface area contributed by atoms with Crippen molar-refractivity contribution in [2.75, 3.05) is 39.3 Å². The maximum atomic E-state index is 11.8. The summed E-state index contributed by atoms with van der Waals surface area (Å²) in [6.45, 7) is 7.46. The van der Waals surface area contributed by atoms with E-state index < -0.39 is 0 Å². The van der Waals surface area contributed by atoms with Crippen molar-refractivity contribution < 1.29 is 9.53 Å². The van der Waals surface area contributed by atoms with Crippen molar-refractivity contribution in [1.82, 2.24) is 15.5 Å². The number of halogens is 2. The molecule has 0 spiro atoms. The molecule has 2 aliphatic rings. The van der Waals surface area contributed by atoms with Crippen LogP contribution in [0.1, 0.15) is 32.6 Å². The van der Waals surface area contributed by atoms with Crippen LogP contribution >= 0.6 is 24.8 Å². The molecule has 2 rings (SSSR count). The summed E-state index contributed by atoms with van der Waals surface area (Å²) in [7, 11) is 0. The molecular formula is C14H29Cl2N3O2. The van der Waals surface area contributed by atoms with Gasteiger partial charge in [0.1, 0.15) is 6.10 Å². The molecule has 126 valence electrons. The van der Waals surface area contributed by atoms with Gasteiger partial charge in [-0.3, -0.25) is 4.79 Å². The minimum absolute atomic E-state index is 0. The fourth-order valence-electron chi connectivity index (χ4n) is 2.83. The zero-order chi connectivity index (χ0) is 13.5. The molecule has 2 saturated heterocycles. The summed E-state index contributed by atoms with van der Waals surface area (Å²) in [5.41, 5.74) is 0. The monoisotopic (exact) mass is 341 g/mol. The van der Waals surface area contributed by atoms with E-state index >= 15 is 0 Å². The Morgan fingerprint density at radius 1 is 1.38 bits per heavy atom. The minimum atomic E-state index is -0.303. The summed E-state index contributed by atoms with van der Waals surface area (Å²) >= 11 is 0. The van der Waals surface area contributed by atoms with Crippen LogP contribution in [0, 0.1) is 0 Å². The molecule has 0 aromatic rings. The molecule has 2 heterocycles. The van der Waals surface area contributed by atoms with E-state index in [1.165, 1.54) is 25.8 Å². The second-order valence-corrected chi connectivity index (χ2v) is 5.59. The lowest BCUT2D eigenvalue weighted by Gasteiger charge is -2.33. The Bertz CT molecular complexity index is 289. The van der Waals surface area contributed by atoms with Crippen LogP contribution in [0.2, 0.25) is 0 Å². The van der Waals surface area contributed by atoms with Gasteiger partial charge < -0.3 is 20.3 Å². The summed E-state index contributed by atoms with van der Waals surface area (Å²) < 4.78 is 5.42. The Morgan fingerprint density at radius 2 is 2.19 bits per heavy atom. The van der Waals surface area contributed by atoms with E-state index in [9.17, 15) is 4.79 Å². The molecule has 0 aromatic carbocycles. The highest BCUT2D eigenvalue weighted by atomic mass is 35.5. The molecule has 2 fully saturated rings. The van der Waals surface area contributed by atoms with Gasteiger partial charge in [0.05, 0.1) is 6.61 Å². The summed E-state index contributed by atoms with van der Waals surface area (Å²) in [6.07, 6.45) is 4.71. The Hall–Kier alpha value is -0.0700. The highest BCUT2D eigenvalue weighted by molar-refractivity contribution is 5.85. The van der Waals surface area contributed by atoms with E-state index in [2.05, 4.69) is 22.5 Å². The zero-order valence-electron chi connectivity index (χ0n) is 12.8. The van der Waals surface area contributed by atoms with E-state index in [0.29, 0.717) is 19.2 Å². The number of nitrogens with zero attached hydrogens (tertiary/aromatic N) is 1. The predicted octanol–water partition coefficient (Wildman–Crippen LogP) is 1.20. The molecule has 1 amide bonds. The lowest BCUT2D eigenvalue weighted by molar-refractivity contribution is -0.134. The average Bonchev–Trinajstić information content (AvgIpc) is 2.46. The van der Waals surface area contributed by atoms with Crippen molar-refractivity contribution in [2.24, 2.45) is 0 Å². The van der Waals surface area contributed by atoms with Crippen molar-refractivity contribution in [3.05, 3.63) is 0 Å². The number of carbonyl (C=O) groups is 1. The number of piperidine rings is 1. The Balaban J connectivity index is 0.00000200. The number of likely N-dealkylation sites (tertiary alicyclic amines) is 1. The molecule has 0 radical (unpaired) electrons. The first-order valence-corrected chi connectivity index (χ1v) is 7.61. The Labute approximate surface area is 140 Å². The lowest BCUT2D eigenvalue weighted by Crippen LogP contribution is -2.48. The summed E-state index contributed by atoms with van der Waals surface area (Å²) in [5, 5.41) is 6.15. The van der Waals surface area contributed by atoms with Gasteiger partial charge in [-0.2, -0.15) is 0 Å². The van der Waals surface area contributed by atoms with Crippen molar-refractivity contribution in [3.8, 4) is 0 Å². The molecule has 0 saturated carbocycles. The molecular weight excluding hydrogens is 313 g/mol. The third-order valence-corrected chi connectivity index (χ3v) is 4.08. The van der Waals surface area contributed by atoms with Gasteiger partial charge in [-0.25, -0.2) is 0 Å². The standard InChI is InChI=1S/C14H27N3O2.2ClH/c1-12-5-2-3-8-17(12)9-4-6-16-14(18)13-11-15-7-10-19-13;;/h12-13,15H,2-11H2,1H3,(H,16,18);2*1H/t12?,13-;;/m1../s1. The quantitative estimate of drug-likeness (QED) is 0.738. The number of ether oxygens (including phenoxy) is 1. The van der Waals surface area contributed by atoms with Crippen LogP contribution in [0.15, 0.2) is 0 Å². The van der Waals surface area contributed by atoms with Crippen LogP contribution in [-0.2, 0) is 9.53 Å². The second-order valence-electron chi connectivity index (χ2n) is 5.59. The number of carbonyl (C=O) groups excluding carboxylic acids is 1. The first kappa shape index (κ1) is 20.9. The van der Waals surface area contributed by atoms with Crippen LogP contribution in [0.25, 0.3) is 0 Å². The summed E-state index contributed by atoms with van der Waals surface area (Å²) in [4.78, 5) is 14.4. The number of nitrogens with one attached hydrogen (secondary N) is 2. The zero-order valence-corrected chi connectivity index (χ0v) is 14.4. The molecule has 5 nitrogen and oxygen atoms in total. The SMILES string of the molecule is CC1CCCCN1CCCNC(=O)[C@H]1CNCCO1.Cl.Cl. The summed E-state index contributed by atoms with van der Waals surface area (Å²) in [5.74, 6) is 0.0268. The van der Waals surface area contributed by atoms with Gasteiger partial charge in [0.25, 0.3) is 0 Å². The molecule has 2 atom stereocenters. The molecule has 2 N–H and O–H groups in total. The second kappa shape index (κ2) is 11.5. The molecule has 0 aromatic heterocycles. The van der Waals surface area contributed by atoms with Gasteiger partial charge in [-0.05, 0) is 32.7 Å². The Morgan fingerprint density at radius 3 is 2.86 bits per heavy atom. The molecule has 0 aliphatic carbocycles. The molecule has 21 heavy (non-hydrogen) atoms. The van der Waals surface area contributed by atoms with Gasteiger partial charge in [0, 0.05) is 32.2 Å². The maximum absolute atomic E-state index is 11.8. The van der Waals surface area contributed by atoms with Crippen molar-refractivity contribution in [3.63, 3.8) is 0 Å². The van der Waals surface area contributed by atoms with E-state index in [1.807, 2.05) is 0 Å². The van der Waals surface area contributed by atoms with Crippen LogP contribution in [0.5, 0.6) is 0 Å². The normalized spacial score (nSPS) is 26.3. The van der Waals surface area contributed by atoms with Crippen LogP contribution in [0.3, 0.4) is 0 Å². The highest BCUT2D eigenvalue weighted by Gasteiger charge is 2.21. The number of morpholine rings is 1. The third-order valence-electron chi connectivity index (χ3n) is 4.08. The fourth-order valence-corrected chi connectivity index (χ4v) is 2.83. The molecule has 7 heteroatoms. The van der Waals surface area contributed by atoms with Gasteiger partial charge >= 0.3 is 0 Å². The fraction of sp³-hybridized carbons (Fsp3) is 0.929. The predicted molar refractivity (Wildman–Crippen MR) is 89.6 cm³/mol. The lowest BCUT2D eigenvalue weighted by atomic mass is 10.0. The molecule has 2 aliphatic heterocycles. The van der Waals surface area contributed by atoms with E-state index in [-0.39, 0.29) is 36.8 Å². The molecule has 1 unspecified atom stereocenters. The smallest absolute Gasteiger partial charge is 0.250 e.